The van der Waals surface area contributed by atoms with Crippen LogP contribution in [0.4, 0.5) is 4.79 Å². The van der Waals surface area contributed by atoms with Crippen molar-refractivity contribution >= 4 is 27.9 Å². The number of hydrogen-bond donors (Lipinski definition) is 3. The average Bonchev–Trinajstić information content (AvgIpc) is 2.97. The number of urea groups is 1. The van der Waals surface area contributed by atoms with Gasteiger partial charge in [-0.05, 0) is 56.3 Å². The number of nitrogens with zero attached hydrogens (tertiary/aromatic N) is 1. The molecule has 1 aromatic carbocycles. The lowest BCUT2D eigenvalue weighted by molar-refractivity contribution is -0.136. The van der Waals surface area contributed by atoms with Crippen molar-refractivity contribution in [3.8, 4) is 0 Å². The number of amides is 4. The third-order valence-corrected chi connectivity index (χ3v) is 7.46. The van der Waals surface area contributed by atoms with Crippen LogP contribution in [-0.4, -0.2) is 50.3 Å². The molecule has 0 bridgehead atoms. The first-order valence-electron chi connectivity index (χ1n) is 10.1. The summed E-state index contributed by atoms with van der Waals surface area (Å²) in [6, 6.07) is 5.65. The van der Waals surface area contributed by atoms with E-state index in [-0.39, 0.29) is 23.9 Å². The summed E-state index contributed by atoms with van der Waals surface area (Å²) in [4.78, 5) is 38.6. The highest BCUT2D eigenvalue weighted by molar-refractivity contribution is 7.89. The lowest BCUT2D eigenvalue weighted by atomic mass is 9.75. The fraction of sp³-hybridized carbons (Fsp3) is 0.550. The van der Waals surface area contributed by atoms with Crippen LogP contribution in [0.1, 0.15) is 44.6 Å². The first-order valence-corrected chi connectivity index (χ1v) is 11.6. The molecular formula is C20H28N4O5S. The summed E-state index contributed by atoms with van der Waals surface area (Å²) in [5.41, 5.74) is -0.287. The first-order chi connectivity index (χ1) is 14.2. The summed E-state index contributed by atoms with van der Waals surface area (Å²) in [6.07, 6.45) is 4.02. The van der Waals surface area contributed by atoms with Gasteiger partial charge in [0, 0.05) is 6.54 Å². The van der Waals surface area contributed by atoms with E-state index in [9.17, 15) is 22.8 Å². The van der Waals surface area contributed by atoms with Crippen LogP contribution in [-0.2, 0) is 26.2 Å². The maximum absolute atomic E-state index is 12.9. The van der Waals surface area contributed by atoms with Crippen LogP contribution in [0.15, 0.2) is 29.2 Å². The van der Waals surface area contributed by atoms with E-state index < -0.39 is 27.5 Å². The molecule has 10 heteroatoms. The van der Waals surface area contributed by atoms with E-state index in [0.29, 0.717) is 24.3 Å². The van der Waals surface area contributed by atoms with Gasteiger partial charge in [0.25, 0.3) is 5.91 Å². The molecule has 1 saturated carbocycles. The van der Waals surface area contributed by atoms with Crippen molar-refractivity contribution in [2.24, 2.45) is 5.92 Å². The fourth-order valence-electron chi connectivity index (χ4n) is 4.08. The predicted octanol–water partition coefficient (Wildman–Crippen LogP) is 1.10. The Labute approximate surface area is 176 Å². The molecule has 3 rings (SSSR count). The molecule has 164 valence electrons. The minimum absolute atomic E-state index is 0.0822. The minimum Gasteiger partial charge on any atom is -0.350 e. The molecule has 1 aliphatic heterocycles. The Hall–Kier alpha value is -2.46. The molecule has 1 aliphatic carbocycles. The summed E-state index contributed by atoms with van der Waals surface area (Å²) < 4.78 is 26.0. The first kappa shape index (κ1) is 22.2. The maximum Gasteiger partial charge on any atom is 0.325 e. The number of imide groups is 1. The van der Waals surface area contributed by atoms with Crippen molar-refractivity contribution < 1.29 is 22.8 Å². The molecular weight excluding hydrogens is 408 g/mol. The Balaban J connectivity index is 1.59. The van der Waals surface area contributed by atoms with Crippen LogP contribution in [0.2, 0.25) is 0 Å². The van der Waals surface area contributed by atoms with E-state index in [1.54, 1.807) is 12.1 Å². The Kier molecular flexibility index (Phi) is 6.47. The van der Waals surface area contributed by atoms with Crippen molar-refractivity contribution in [2.45, 2.75) is 56.0 Å². The minimum atomic E-state index is -3.58. The molecule has 0 aromatic heterocycles. The molecule has 2 fully saturated rings. The topological polar surface area (TPSA) is 125 Å². The summed E-state index contributed by atoms with van der Waals surface area (Å²) in [7, 11) is -2.26. The number of carbonyl (C=O) groups excluding carboxylic acids is 3. The van der Waals surface area contributed by atoms with Crippen LogP contribution >= 0.6 is 0 Å². The SMILES string of the molecule is CCC1CCC2(CC1)NC(=O)N(CC(=O)NCc1cccc(S(=O)(=O)NC)c1)C2=O. The van der Waals surface area contributed by atoms with Gasteiger partial charge in [-0.2, -0.15) is 0 Å². The molecule has 9 nitrogen and oxygen atoms in total. The van der Waals surface area contributed by atoms with Crippen molar-refractivity contribution in [3.63, 3.8) is 0 Å². The zero-order valence-corrected chi connectivity index (χ0v) is 18.0. The predicted molar refractivity (Wildman–Crippen MR) is 110 cm³/mol. The van der Waals surface area contributed by atoms with E-state index >= 15 is 0 Å². The van der Waals surface area contributed by atoms with Crippen molar-refractivity contribution in [2.75, 3.05) is 13.6 Å². The van der Waals surface area contributed by atoms with Crippen molar-refractivity contribution in [3.05, 3.63) is 29.8 Å². The van der Waals surface area contributed by atoms with Gasteiger partial charge in [-0.25, -0.2) is 17.9 Å². The molecule has 1 spiro atoms. The molecule has 3 N–H and O–H groups in total. The zero-order valence-electron chi connectivity index (χ0n) is 17.2. The maximum atomic E-state index is 12.9. The Morgan fingerprint density at radius 2 is 1.97 bits per heavy atom. The lowest BCUT2D eigenvalue weighted by Crippen LogP contribution is -2.50. The second-order valence-electron chi connectivity index (χ2n) is 7.89. The Morgan fingerprint density at radius 1 is 1.27 bits per heavy atom. The van der Waals surface area contributed by atoms with Gasteiger partial charge in [-0.1, -0.05) is 25.5 Å². The van der Waals surface area contributed by atoms with Crippen molar-refractivity contribution in [1.82, 2.24) is 20.3 Å². The van der Waals surface area contributed by atoms with Gasteiger partial charge in [0.15, 0.2) is 0 Å². The van der Waals surface area contributed by atoms with Gasteiger partial charge in [-0.3, -0.25) is 14.5 Å². The lowest BCUT2D eigenvalue weighted by Gasteiger charge is -2.34. The van der Waals surface area contributed by atoms with Crippen molar-refractivity contribution in [1.29, 1.82) is 0 Å². The van der Waals surface area contributed by atoms with Gasteiger partial charge in [-0.15, -0.1) is 0 Å². The summed E-state index contributed by atoms with van der Waals surface area (Å²) >= 11 is 0. The van der Waals surface area contributed by atoms with Gasteiger partial charge >= 0.3 is 6.03 Å². The summed E-state index contributed by atoms with van der Waals surface area (Å²) in [6.45, 7) is 1.84. The highest BCUT2D eigenvalue weighted by atomic mass is 32.2. The molecule has 2 aliphatic rings. The fourth-order valence-corrected chi connectivity index (χ4v) is 4.88. The molecule has 0 atom stereocenters. The van der Waals surface area contributed by atoms with Gasteiger partial charge in [0.05, 0.1) is 4.90 Å². The van der Waals surface area contributed by atoms with E-state index in [2.05, 4.69) is 22.3 Å². The highest BCUT2D eigenvalue weighted by Gasteiger charge is 2.52. The van der Waals surface area contributed by atoms with E-state index in [0.717, 1.165) is 24.2 Å². The van der Waals surface area contributed by atoms with Crippen LogP contribution in [0.25, 0.3) is 0 Å². The molecule has 1 saturated heterocycles. The molecule has 1 heterocycles. The van der Waals surface area contributed by atoms with Crippen LogP contribution in [0.5, 0.6) is 0 Å². The molecule has 0 unspecified atom stereocenters. The average molecular weight is 437 g/mol. The second-order valence-corrected chi connectivity index (χ2v) is 9.77. The molecule has 4 amide bonds. The van der Waals surface area contributed by atoms with Crippen LogP contribution in [0, 0.1) is 5.92 Å². The van der Waals surface area contributed by atoms with Gasteiger partial charge in [0.2, 0.25) is 15.9 Å². The standard InChI is InChI=1S/C20H28N4O5S/c1-3-14-7-9-20(10-8-14)18(26)24(19(27)23-20)13-17(25)22-12-15-5-4-6-16(11-15)30(28,29)21-2/h4-6,11,14,21H,3,7-10,12-13H2,1-2H3,(H,22,25)(H,23,27). The van der Waals surface area contributed by atoms with Crippen LogP contribution < -0.4 is 15.4 Å². The number of rotatable bonds is 7. The van der Waals surface area contributed by atoms with E-state index in [1.807, 2.05) is 0 Å². The number of hydrogen-bond acceptors (Lipinski definition) is 5. The highest BCUT2D eigenvalue weighted by Crippen LogP contribution is 2.37. The normalized spacial score (nSPS) is 24.2. The van der Waals surface area contributed by atoms with Gasteiger partial charge in [0.1, 0.15) is 12.1 Å². The Morgan fingerprint density at radius 3 is 2.60 bits per heavy atom. The summed E-state index contributed by atoms with van der Waals surface area (Å²) in [5, 5.41) is 5.45. The largest absolute Gasteiger partial charge is 0.350 e. The third kappa shape index (κ3) is 4.49. The van der Waals surface area contributed by atoms with E-state index in [1.165, 1.54) is 19.2 Å². The molecule has 1 aromatic rings. The number of benzene rings is 1. The quantitative estimate of drug-likeness (QED) is 0.552. The zero-order chi connectivity index (χ0) is 21.9. The van der Waals surface area contributed by atoms with E-state index in [4.69, 9.17) is 0 Å². The number of nitrogens with one attached hydrogen (secondary N) is 3. The number of sulfonamides is 1. The third-order valence-electron chi connectivity index (χ3n) is 6.05. The van der Waals surface area contributed by atoms with Crippen LogP contribution in [0.3, 0.4) is 0 Å². The van der Waals surface area contributed by atoms with Gasteiger partial charge < -0.3 is 10.6 Å². The molecule has 30 heavy (non-hydrogen) atoms. The second kappa shape index (κ2) is 8.73. The number of carbonyl (C=O) groups is 3. The molecule has 0 radical (unpaired) electrons. The monoisotopic (exact) mass is 436 g/mol. The smallest absolute Gasteiger partial charge is 0.325 e. The Bertz CT molecular complexity index is 938. The summed E-state index contributed by atoms with van der Waals surface area (Å²) in [5.74, 6) is -0.251.